The fourth-order valence-corrected chi connectivity index (χ4v) is 1.87. The van der Waals surface area contributed by atoms with Crippen LogP contribution in [0.4, 0.5) is 0 Å². The summed E-state index contributed by atoms with van der Waals surface area (Å²) in [6, 6.07) is 8.28. The zero-order valence-corrected chi connectivity index (χ0v) is 9.64. The van der Waals surface area contributed by atoms with Crippen LogP contribution in [0.3, 0.4) is 0 Å². The highest BCUT2D eigenvalue weighted by Crippen LogP contribution is 2.27. The molecular weight excluding hydrogens is 188 g/mol. The van der Waals surface area contributed by atoms with E-state index in [4.69, 9.17) is 0 Å². The average Bonchev–Trinajstić information content (AvgIpc) is 2.19. The van der Waals surface area contributed by atoms with Crippen molar-refractivity contribution in [3.8, 4) is 0 Å². The first-order valence-corrected chi connectivity index (χ1v) is 5.26. The van der Waals surface area contributed by atoms with E-state index in [1.165, 1.54) is 16.7 Å². The van der Waals surface area contributed by atoms with Crippen LogP contribution in [0, 0.1) is 0 Å². The molecule has 1 rings (SSSR count). The summed E-state index contributed by atoms with van der Waals surface area (Å²) in [4.78, 5) is 1.09. The van der Waals surface area contributed by atoms with Crippen LogP contribution in [0.2, 0.25) is 0 Å². The largest absolute Gasteiger partial charge is 0.148 e. The van der Waals surface area contributed by atoms with Gasteiger partial charge in [-0.25, -0.2) is 0 Å². The quantitative estimate of drug-likeness (QED) is 0.693. The van der Waals surface area contributed by atoms with Crippen LogP contribution in [-0.4, -0.2) is 0 Å². The molecule has 14 heavy (non-hydrogen) atoms. The molecule has 0 radical (unpaired) electrons. The Morgan fingerprint density at radius 1 is 1.43 bits per heavy atom. The standard InChI is InChI=1S/C13H16S/c1-4-11-8-6-7-9-13(11)12(5-2)10(3)14/h4,6-9,14H,1,5H2,2-3H3/b12-10+. The van der Waals surface area contributed by atoms with Gasteiger partial charge in [0.1, 0.15) is 0 Å². The van der Waals surface area contributed by atoms with Crippen molar-refractivity contribution in [1.29, 1.82) is 0 Å². The van der Waals surface area contributed by atoms with Crippen LogP contribution in [0.1, 0.15) is 31.4 Å². The van der Waals surface area contributed by atoms with Crippen LogP contribution < -0.4 is 0 Å². The van der Waals surface area contributed by atoms with E-state index in [1.54, 1.807) is 0 Å². The third-order valence-electron chi connectivity index (χ3n) is 2.30. The molecular formula is C13H16S. The van der Waals surface area contributed by atoms with Crippen molar-refractivity contribution < 1.29 is 0 Å². The predicted molar refractivity (Wildman–Crippen MR) is 68.4 cm³/mol. The highest BCUT2D eigenvalue weighted by atomic mass is 32.1. The van der Waals surface area contributed by atoms with Crippen molar-refractivity contribution >= 4 is 24.3 Å². The van der Waals surface area contributed by atoms with Crippen molar-refractivity contribution in [3.05, 3.63) is 46.9 Å². The summed E-state index contributed by atoms with van der Waals surface area (Å²) in [5, 5.41) is 0. The molecule has 0 amide bonds. The zero-order valence-electron chi connectivity index (χ0n) is 8.75. The van der Waals surface area contributed by atoms with Gasteiger partial charge < -0.3 is 0 Å². The Morgan fingerprint density at radius 2 is 2.07 bits per heavy atom. The Bertz CT molecular complexity index is 357. The van der Waals surface area contributed by atoms with E-state index >= 15 is 0 Å². The van der Waals surface area contributed by atoms with Gasteiger partial charge in [0.05, 0.1) is 0 Å². The topological polar surface area (TPSA) is 0 Å². The summed E-state index contributed by atoms with van der Waals surface area (Å²) in [7, 11) is 0. The molecule has 0 aliphatic heterocycles. The lowest BCUT2D eigenvalue weighted by molar-refractivity contribution is 1.23. The van der Waals surface area contributed by atoms with Crippen molar-refractivity contribution in [3.63, 3.8) is 0 Å². The molecule has 1 heteroatoms. The summed E-state index contributed by atoms with van der Waals surface area (Å²) in [6.45, 7) is 8.00. The lowest BCUT2D eigenvalue weighted by Crippen LogP contribution is -1.88. The van der Waals surface area contributed by atoms with E-state index in [9.17, 15) is 0 Å². The van der Waals surface area contributed by atoms with Gasteiger partial charge in [-0.15, -0.1) is 12.6 Å². The van der Waals surface area contributed by atoms with Gasteiger partial charge in [-0.1, -0.05) is 43.8 Å². The molecule has 74 valence electrons. The summed E-state index contributed by atoms with van der Waals surface area (Å²) < 4.78 is 0. The monoisotopic (exact) mass is 204 g/mol. The summed E-state index contributed by atoms with van der Waals surface area (Å²) in [6.07, 6.45) is 2.89. The normalized spacial score (nSPS) is 12.2. The Hall–Kier alpha value is -0.950. The van der Waals surface area contributed by atoms with E-state index in [0.717, 1.165) is 11.3 Å². The Kier molecular flexibility index (Phi) is 4.02. The number of rotatable bonds is 3. The number of allylic oxidation sites excluding steroid dienone is 2. The van der Waals surface area contributed by atoms with Crippen molar-refractivity contribution in [2.45, 2.75) is 20.3 Å². The lowest BCUT2D eigenvalue weighted by Gasteiger charge is -2.10. The Balaban J connectivity index is 3.30. The van der Waals surface area contributed by atoms with Gasteiger partial charge in [0.15, 0.2) is 0 Å². The van der Waals surface area contributed by atoms with E-state index in [-0.39, 0.29) is 0 Å². The van der Waals surface area contributed by atoms with Gasteiger partial charge >= 0.3 is 0 Å². The highest BCUT2D eigenvalue weighted by Gasteiger charge is 2.04. The molecule has 0 nitrogen and oxygen atoms in total. The molecule has 0 heterocycles. The van der Waals surface area contributed by atoms with Gasteiger partial charge in [0.2, 0.25) is 0 Å². The second-order valence-corrected chi connectivity index (χ2v) is 3.88. The van der Waals surface area contributed by atoms with Gasteiger partial charge in [-0.3, -0.25) is 0 Å². The fourth-order valence-electron chi connectivity index (χ4n) is 1.59. The molecule has 0 atom stereocenters. The van der Waals surface area contributed by atoms with E-state index < -0.39 is 0 Å². The molecule has 0 aliphatic rings. The van der Waals surface area contributed by atoms with E-state index in [1.807, 2.05) is 19.1 Å². The van der Waals surface area contributed by atoms with Crippen molar-refractivity contribution in [2.75, 3.05) is 0 Å². The summed E-state index contributed by atoms with van der Waals surface area (Å²) in [5.74, 6) is 0. The molecule has 1 aromatic rings. The number of hydrogen-bond acceptors (Lipinski definition) is 1. The highest BCUT2D eigenvalue weighted by molar-refractivity contribution is 7.84. The average molecular weight is 204 g/mol. The van der Waals surface area contributed by atoms with Crippen molar-refractivity contribution in [1.82, 2.24) is 0 Å². The molecule has 0 fully saturated rings. The Morgan fingerprint density at radius 3 is 2.57 bits per heavy atom. The molecule has 0 saturated heterocycles. The maximum absolute atomic E-state index is 4.42. The van der Waals surface area contributed by atoms with Crippen LogP contribution in [0.5, 0.6) is 0 Å². The summed E-state index contributed by atoms with van der Waals surface area (Å²) in [5.41, 5.74) is 3.72. The zero-order chi connectivity index (χ0) is 10.6. The first kappa shape index (κ1) is 11.1. The fraction of sp³-hybridized carbons (Fsp3) is 0.231. The molecule has 0 bridgehead atoms. The number of thiol groups is 1. The maximum atomic E-state index is 4.42. The number of benzene rings is 1. The third kappa shape index (κ3) is 2.30. The van der Waals surface area contributed by atoms with Crippen LogP contribution >= 0.6 is 12.6 Å². The summed E-state index contributed by atoms with van der Waals surface area (Å²) >= 11 is 4.42. The molecule has 0 unspecified atom stereocenters. The molecule has 0 aromatic heterocycles. The minimum Gasteiger partial charge on any atom is -0.148 e. The molecule has 0 saturated carbocycles. The van der Waals surface area contributed by atoms with Crippen LogP contribution in [-0.2, 0) is 0 Å². The molecule has 0 spiro atoms. The van der Waals surface area contributed by atoms with Crippen LogP contribution in [0.15, 0.2) is 35.7 Å². The van der Waals surface area contributed by atoms with E-state index in [0.29, 0.717) is 0 Å². The SMILES string of the molecule is C=Cc1ccccc1/C(CC)=C(\C)S. The van der Waals surface area contributed by atoms with E-state index in [2.05, 4.69) is 44.3 Å². The first-order valence-electron chi connectivity index (χ1n) is 4.81. The predicted octanol–water partition coefficient (Wildman–Crippen LogP) is 4.40. The van der Waals surface area contributed by atoms with Gasteiger partial charge in [0, 0.05) is 0 Å². The first-order chi connectivity index (χ1) is 6.70. The van der Waals surface area contributed by atoms with Gasteiger partial charge in [0.25, 0.3) is 0 Å². The second-order valence-electron chi connectivity index (χ2n) is 3.21. The minimum absolute atomic E-state index is 1.00. The Labute approximate surface area is 91.8 Å². The third-order valence-corrected chi connectivity index (χ3v) is 2.57. The van der Waals surface area contributed by atoms with Crippen LogP contribution in [0.25, 0.3) is 11.6 Å². The molecule has 1 aromatic carbocycles. The minimum atomic E-state index is 1.00. The maximum Gasteiger partial charge on any atom is -0.0145 e. The molecule has 0 N–H and O–H groups in total. The van der Waals surface area contributed by atoms with Crippen molar-refractivity contribution in [2.24, 2.45) is 0 Å². The lowest BCUT2D eigenvalue weighted by atomic mass is 9.98. The number of hydrogen-bond donors (Lipinski definition) is 1. The molecule has 0 aliphatic carbocycles. The van der Waals surface area contributed by atoms with Gasteiger partial charge in [-0.2, -0.15) is 0 Å². The second kappa shape index (κ2) is 5.06. The van der Waals surface area contributed by atoms with Gasteiger partial charge in [-0.05, 0) is 34.9 Å². The smallest absolute Gasteiger partial charge is 0.0145 e.